The maximum atomic E-state index is 9.82. The number of rotatable bonds is 1. The van der Waals surface area contributed by atoms with Crippen LogP contribution in [0.15, 0.2) is 0 Å². The van der Waals surface area contributed by atoms with Crippen LogP contribution in [0.1, 0.15) is 55.7 Å². The van der Waals surface area contributed by atoms with E-state index >= 15 is 0 Å². The minimum atomic E-state index is -0.292. The monoisotopic (exact) mass is 180 g/mol. The molecule has 0 saturated carbocycles. The van der Waals surface area contributed by atoms with E-state index in [0.29, 0.717) is 5.92 Å². The molecule has 2 rings (SSSR count). The van der Waals surface area contributed by atoms with E-state index in [4.69, 9.17) is 0 Å². The van der Waals surface area contributed by atoms with Crippen molar-refractivity contribution in [2.75, 3.05) is 0 Å². The van der Waals surface area contributed by atoms with E-state index in [1.807, 2.05) is 0 Å². The summed E-state index contributed by atoms with van der Waals surface area (Å²) in [4.78, 5) is 0. The quantitative estimate of drug-likeness (QED) is 0.693. The maximum absolute atomic E-state index is 9.82. The highest BCUT2D eigenvalue weighted by Crippen LogP contribution is 2.33. The van der Waals surface area contributed by atoms with Crippen molar-refractivity contribution in [3.05, 3.63) is 17.0 Å². The first kappa shape index (κ1) is 8.75. The zero-order valence-corrected chi connectivity index (χ0v) is 8.17. The van der Waals surface area contributed by atoms with Crippen LogP contribution in [-0.4, -0.2) is 15.3 Å². The number of aromatic amines is 1. The standard InChI is InChI=1S/C10H16N2O/c1-6(2)10-9-7(11-12-10)4-3-5-8(9)13/h6,8,13H,3-5H2,1-2H3,(H,11,12). The summed E-state index contributed by atoms with van der Waals surface area (Å²) in [6.45, 7) is 4.22. The number of nitrogens with zero attached hydrogens (tertiary/aromatic N) is 1. The summed E-state index contributed by atoms with van der Waals surface area (Å²) in [7, 11) is 0. The van der Waals surface area contributed by atoms with Crippen LogP contribution in [0.25, 0.3) is 0 Å². The van der Waals surface area contributed by atoms with Crippen LogP contribution < -0.4 is 0 Å². The molecular weight excluding hydrogens is 164 g/mol. The molecule has 1 atom stereocenters. The fourth-order valence-corrected chi connectivity index (χ4v) is 2.02. The number of fused-ring (bicyclic) bond motifs is 1. The van der Waals surface area contributed by atoms with E-state index in [1.54, 1.807) is 0 Å². The van der Waals surface area contributed by atoms with Crippen molar-refractivity contribution < 1.29 is 5.11 Å². The molecule has 0 spiro atoms. The molecule has 0 bridgehead atoms. The minimum absolute atomic E-state index is 0.292. The number of H-pyrrole nitrogens is 1. The molecule has 0 saturated heterocycles. The lowest BCUT2D eigenvalue weighted by molar-refractivity contribution is 0.155. The maximum Gasteiger partial charge on any atom is 0.0826 e. The molecule has 3 heteroatoms. The molecule has 1 aliphatic carbocycles. The van der Waals surface area contributed by atoms with Gasteiger partial charge in [-0.3, -0.25) is 5.10 Å². The van der Waals surface area contributed by atoms with Gasteiger partial charge in [-0.05, 0) is 25.2 Å². The van der Waals surface area contributed by atoms with Gasteiger partial charge in [-0.25, -0.2) is 0 Å². The molecule has 0 amide bonds. The Kier molecular flexibility index (Phi) is 2.12. The van der Waals surface area contributed by atoms with Gasteiger partial charge in [-0.1, -0.05) is 13.8 Å². The third-order valence-corrected chi connectivity index (χ3v) is 2.70. The average Bonchev–Trinajstić information content (AvgIpc) is 2.49. The lowest BCUT2D eigenvalue weighted by Gasteiger charge is -2.18. The summed E-state index contributed by atoms with van der Waals surface area (Å²) in [5, 5.41) is 17.1. The van der Waals surface area contributed by atoms with Crippen LogP contribution in [0.2, 0.25) is 0 Å². The molecule has 1 aromatic rings. The van der Waals surface area contributed by atoms with Crippen molar-refractivity contribution in [3.8, 4) is 0 Å². The molecular formula is C10H16N2O. The van der Waals surface area contributed by atoms with Crippen molar-refractivity contribution >= 4 is 0 Å². The van der Waals surface area contributed by atoms with Gasteiger partial charge in [0.2, 0.25) is 0 Å². The van der Waals surface area contributed by atoms with Gasteiger partial charge in [0, 0.05) is 11.3 Å². The highest BCUT2D eigenvalue weighted by Gasteiger charge is 2.25. The molecule has 1 unspecified atom stereocenters. The third kappa shape index (κ3) is 1.37. The Hall–Kier alpha value is -0.830. The number of aliphatic hydroxyl groups excluding tert-OH is 1. The van der Waals surface area contributed by atoms with Gasteiger partial charge in [0.1, 0.15) is 0 Å². The lowest BCUT2D eigenvalue weighted by Crippen LogP contribution is -2.10. The van der Waals surface area contributed by atoms with Crippen molar-refractivity contribution in [3.63, 3.8) is 0 Å². The fraction of sp³-hybridized carbons (Fsp3) is 0.700. The first-order valence-electron chi connectivity index (χ1n) is 4.95. The molecule has 72 valence electrons. The highest BCUT2D eigenvalue weighted by molar-refractivity contribution is 5.31. The molecule has 1 aliphatic rings. The second-order valence-corrected chi connectivity index (χ2v) is 4.06. The molecule has 13 heavy (non-hydrogen) atoms. The molecule has 3 nitrogen and oxygen atoms in total. The Morgan fingerprint density at radius 3 is 3.00 bits per heavy atom. The number of hydrogen-bond donors (Lipinski definition) is 2. The number of hydrogen-bond acceptors (Lipinski definition) is 2. The van der Waals surface area contributed by atoms with E-state index < -0.39 is 0 Å². The van der Waals surface area contributed by atoms with Gasteiger partial charge < -0.3 is 5.11 Å². The van der Waals surface area contributed by atoms with E-state index in [-0.39, 0.29) is 6.10 Å². The molecule has 0 aliphatic heterocycles. The zero-order chi connectivity index (χ0) is 9.42. The smallest absolute Gasteiger partial charge is 0.0826 e. The summed E-state index contributed by atoms with van der Waals surface area (Å²) < 4.78 is 0. The molecule has 1 aromatic heterocycles. The van der Waals surface area contributed by atoms with E-state index in [1.165, 1.54) is 0 Å². The normalized spacial score (nSPS) is 22.0. The van der Waals surface area contributed by atoms with Crippen molar-refractivity contribution in [1.82, 2.24) is 10.2 Å². The van der Waals surface area contributed by atoms with Gasteiger partial charge >= 0.3 is 0 Å². The summed E-state index contributed by atoms with van der Waals surface area (Å²) in [6.07, 6.45) is 2.69. The van der Waals surface area contributed by atoms with Crippen LogP contribution >= 0.6 is 0 Å². The van der Waals surface area contributed by atoms with Gasteiger partial charge in [0.15, 0.2) is 0 Å². The second-order valence-electron chi connectivity index (χ2n) is 4.06. The molecule has 0 fully saturated rings. The summed E-state index contributed by atoms with van der Waals surface area (Å²) in [5.74, 6) is 0.396. The number of aliphatic hydroxyl groups is 1. The van der Waals surface area contributed by atoms with Gasteiger partial charge in [0.25, 0.3) is 0 Å². The fourth-order valence-electron chi connectivity index (χ4n) is 2.02. The Bertz CT molecular complexity index is 304. The van der Waals surface area contributed by atoms with Crippen LogP contribution in [0.3, 0.4) is 0 Å². The topological polar surface area (TPSA) is 48.9 Å². The van der Waals surface area contributed by atoms with Crippen LogP contribution in [0.5, 0.6) is 0 Å². The lowest BCUT2D eigenvalue weighted by atomic mass is 9.90. The third-order valence-electron chi connectivity index (χ3n) is 2.70. The highest BCUT2D eigenvalue weighted by atomic mass is 16.3. The van der Waals surface area contributed by atoms with Crippen LogP contribution in [-0.2, 0) is 6.42 Å². The zero-order valence-electron chi connectivity index (χ0n) is 8.17. The van der Waals surface area contributed by atoms with Crippen molar-refractivity contribution in [2.45, 2.75) is 45.1 Å². The average molecular weight is 180 g/mol. The molecule has 0 radical (unpaired) electrons. The van der Waals surface area contributed by atoms with Crippen LogP contribution in [0, 0.1) is 0 Å². The van der Waals surface area contributed by atoms with E-state index in [9.17, 15) is 5.11 Å². The number of aromatic nitrogens is 2. The summed E-state index contributed by atoms with van der Waals surface area (Å²) >= 11 is 0. The van der Waals surface area contributed by atoms with Crippen molar-refractivity contribution in [1.29, 1.82) is 0 Å². The predicted octanol–water partition coefficient (Wildman–Crippen LogP) is 1.90. The molecule has 1 heterocycles. The van der Waals surface area contributed by atoms with Crippen molar-refractivity contribution in [2.24, 2.45) is 0 Å². The largest absolute Gasteiger partial charge is 0.388 e. The second kappa shape index (κ2) is 3.14. The van der Waals surface area contributed by atoms with Gasteiger partial charge in [-0.15, -0.1) is 0 Å². The molecule has 2 N–H and O–H groups in total. The summed E-state index contributed by atoms with van der Waals surface area (Å²) in [6, 6.07) is 0. The Labute approximate surface area is 78.2 Å². The molecule has 0 aromatic carbocycles. The van der Waals surface area contributed by atoms with E-state index in [0.717, 1.165) is 36.2 Å². The van der Waals surface area contributed by atoms with Gasteiger partial charge in [-0.2, -0.15) is 5.10 Å². The minimum Gasteiger partial charge on any atom is -0.388 e. The first-order valence-corrected chi connectivity index (χ1v) is 4.95. The van der Waals surface area contributed by atoms with Crippen LogP contribution in [0.4, 0.5) is 0 Å². The SMILES string of the molecule is CC(C)c1n[nH]c2c1C(O)CCC2. The van der Waals surface area contributed by atoms with Gasteiger partial charge in [0.05, 0.1) is 11.8 Å². The Morgan fingerprint density at radius 2 is 2.31 bits per heavy atom. The Balaban J connectivity index is 2.44. The summed E-state index contributed by atoms with van der Waals surface area (Å²) in [5.41, 5.74) is 3.26. The van der Waals surface area contributed by atoms with E-state index in [2.05, 4.69) is 24.0 Å². The predicted molar refractivity (Wildman–Crippen MR) is 50.6 cm³/mol. The number of aryl methyl sites for hydroxylation is 1. The number of nitrogens with one attached hydrogen (secondary N) is 1. The Morgan fingerprint density at radius 1 is 1.54 bits per heavy atom. The first-order chi connectivity index (χ1) is 6.20.